The van der Waals surface area contributed by atoms with Crippen molar-refractivity contribution >= 4 is 5.97 Å². The molecule has 1 heterocycles. The molecule has 2 rings (SSSR count). The summed E-state index contributed by atoms with van der Waals surface area (Å²) in [4.78, 5) is 35.7. The fraction of sp³-hybridized carbons (Fsp3) is 0.500. The molecule has 0 aliphatic carbocycles. The van der Waals surface area contributed by atoms with Gasteiger partial charge >= 0.3 is 23.4 Å². The Bertz CT molecular complexity index is 1080. The third-order valence-electron chi connectivity index (χ3n) is 4.43. The Balaban J connectivity index is 2.07. The molecule has 0 unspecified atom stereocenters. The van der Waals surface area contributed by atoms with Crippen molar-refractivity contribution in [3.8, 4) is 11.6 Å². The van der Waals surface area contributed by atoms with Crippen LogP contribution < -0.4 is 20.7 Å². The molecule has 0 aliphatic heterocycles. The Morgan fingerprint density at radius 2 is 1.91 bits per heavy atom. The average molecular weight is 459 g/mol. The smallest absolute Gasteiger partial charge is 0.389 e. The molecule has 32 heavy (non-hydrogen) atoms. The van der Waals surface area contributed by atoms with Gasteiger partial charge in [-0.3, -0.25) is 9.36 Å². The number of benzene rings is 1. The predicted molar refractivity (Wildman–Crippen MR) is 107 cm³/mol. The van der Waals surface area contributed by atoms with E-state index in [1.165, 1.54) is 20.9 Å². The van der Waals surface area contributed by atoms with Gasteiger partial charge in [-0.2, -0.15) is 13.2 Å². The van der Waals surface area contributed by atoms with Gasteiger partial charge in [0.15, 0.2) is 5.60 Å². The van der Waals surface area contributed by atoms with E-state index in [9.17, 15) is 27.6 Å². The van der Waals surface area contributed by atoms with Gasteiger partial charge < -0.3 is 14.6 Å². The average Bonchev–Trinajstić information content (AvgIpc) is 2.67. The van der Waals surface area contributed by atoms with Crippen LogP contribution in [0.1, 0.15) is 32.3 Å². The van der Waals surface area contributed by atoms with Crippen molar-refractivity contribution in [1.29, 1.82) is 0 Å². The molecule has 1 aromatic heterocycles. The molecule has 0 saturated carbocycles. The molecule has 0 atom stereocenters. The minimum absolute atomic E-state index is 0.0191. The summed E-state index contributed by atoms with van der Waals surface area (Å²) in [6.45, 7) is 2.39. The van der Waals surface area contributed by atoms with Crippen molar-refractivity contribution in [3.63, 3.8) is 0 Å². The van der Waals surface area contributed by atoms with Gasteiger partial charge in [-0.15, -0.1) is 5.10 Å². The Hall–Kier alpha value is -3.31. The van der Waals surface area contributed by atoms with E-state index in [0.29, 0.717) is 16.7 Å². The molecule has 0 spiro atoms. The number of nitrogens with zero attached hydrogens (tertiary/aromatic N) is 3. The molecule has 0 bridgehead atoms. The zero-order valence-corrected chi connectivity index (χ0v) is 17.8. The summed E-state index contributed by atoms with van der Waals surface area (Å²) in [5.41, 5.74) is -2.45. The van der Waals surface area contributed by atoms with E-state index in [2.05, 4.69) is 5.10 Å². The van der Waals surface area contributed by atoms with E-state index in [1.54, 1.807) is 24.3 Å². The van der Waals surface area contributed by atoms with Gasteiger partial charge in [0.2, 0.25) is 0 Å². The van der Waals surface area contributed by atoms with Crippen LogP contribution in [0.4, 0.5) is 13.2 Å². The van der Waals surface area contributed by atoms with Crippen molar-refractivity contribution in [2.75, 3.05) is 6.61 Å². The number of rotatable bonds is 10. The van der Waals surface area contributed by atoms with Gasteiger partial charge in [-0.25, -0.2) is 14.3 Å². The zero-order valence-electron chi connectivity index (χ0n) is 17.8. The number of ether oxygens (including phenoxy) is 2. The number of carbonyl (C=O) groups is 1. The van der Waals surface area contributed by atoms with Crippen LogP contribution in [-0.2, 0) is 24.8 Å². The highest BCUT2D eigenvalue weighted by Crippen LogP contribution is 2.22. The molecule has 0 fully saturated rings. The van der Waals surface area contributed by atoms with Crippen LogP contribution in [0, 0.1) is 0 Å². The van der Waals surface area contributed by atoms with Crippen molar-refractivity contribution in [1.82, 2.24) is 14.3 Å². The Labute approximate surface area is 181 Å². The highest BCUT2D eigenvalue weighted by atomic mass is 19.4. The molecule has 1 aromatic carbocycles. The molecule has 176 valence electrons. The maximum Gasteiger partial charge on any atom is 0.389 e. The van der Waals surface area contributed by atoms with E-state index >= 15 is 0 Å². The first kappa shape index (κ1) is 25.0. The number of alkyl halides is 3. The molecule has 1 N–H and O–H groups in total. The summed E-state index contributed by atoms with van der Waals surface area (Å²) < 4.78 is 49.4. The molecule has 0 amide bonds. The molecule has 2 aromatic rings. The van der Waals surface area contributed by atoms with Gasteiger partial charge in [0.05, 0.1) is 6.61 Å². The number of aromatic nitrogens is 3. The summed E-state index contributed by atoms with van der Waals surface area (Å²) >= 11 is 0. The maximum atomic E-state index is 12.4. The zero-order chi connectivity index (χ0) is 24.1. The first-order chi connectivity index (χ1) is 14.8. The summed E-state index contributed by atoms with van der Waals surface area (Å²) in [6, 6.07) is 6.63. The van der Waals surface area contributed by atoms with E-state index in [1.807, 2.05) is 0 Å². The van der Waals surface area contributed by atoms with Gasteiger partial charge in [-0.05, 0) is 38.0 Å². The lowest BCUT2D eigenvalue weighted by Gasteiger charge is -2.21. The van der Waals surface area contributed by atoms with Gasteiger partial charge in [-0.1, -0.05) is 12.1 Å². The van der Waals surface area contributed by atoms with E-state index in [4.69, 9.17) is 14.6 Å². The molecule has 0 saturated heterocycles. The van der Waals surface area contributed by atoms with Crippen LogP contribution in [0.25, 0.3) is 0 Å². The highest BCUT2D eigenvalue weighted by Gasteiger charge is 2.29. The van der Waals surface area contributed by atoms with E-state index in [0.717, 1.165) is 10.2 Å². The maximum absolute atomic E-state index is 12.4. The highest BCUT2D eigenvalue weighted by molar-refractivity contribution is 5.76. The third-order valence-corrected chi connectivity index (χ3v) is 4.43. The Kier molecular flexibility index (Phi) is 7.70. The fourth-order valence-electron chi connectivity index (χ4n) is 2.69. The van der Waals surface area contributed by atoms with Gasteiger partial charge in [0.25, 0.3) is 5.88 Å². The summed E-state index contributed by atoms with van der Waals surface area (Å²) in [5, 5.41) is 12.9. The number of halogens is 3. The van der Waals surface area contributed by atoms with E-state index in [-0.39, 0.29) is 6.61 Å². The van der Waals surface area contributed by atoms with Crippen molar-refractivity contribution in [3.05, 3.63) is 50.7 Å². The van der Waals surface area contributed by atoms with Crippen LogP contribution in [-0.4, -0.2) is 43.8 Å². The standard InChI is InChI=1S/C20H24F3N3O6/c1-19(2,17(28)29)32-14-7-4-6-13(12-14)8-11-31-15-16(27)26(18(30)25(3)24-15)10-5-9-20(21,22)23/h4,6-7,12H,5,8-11H2,1-3H3,(H,28,29). The Morgan fingerprint density at radius 3 is 2.53 bits per heavy atom. The van der Waals surface area contributed by atoms with Crippen LogP contribution in [0.15, 0.2) is 33.9 Å². The quantitative estimate of drug-likeness (QED) is 0.579. The molecular formula is C20H24F3N3O6. The number of aryl methyl sites for hydroxylation is 1. The molecule has 12 heteroatoms. The van der Waals surface area contributed by atoms with Crippen LogP contribution in [0.5, 0.6) is 11.6 Å². The van der Waals surface area contributed by atoms with Crippen molar-refractivity contribution in [2.45, 2.75) is 51.4 Å². The second-order valence-electron chi connectivity index (χ2n) is 7.55. The largest absolute Gasteiger partial charge is 0.478 e. The van der Waals surface area contributed by atoms with Gasteiger partial charge in [0, 0.05) is 26.4 Å². The normalized spacial score (nSPS) is 11.9. The van der Waals surface area contributed by atoms with Crippen LogP contribution in [0.3, 0.4) is 0 Å². The van der Waals surface area contributed by atoms with Gasteiger partial charge in [0.1, 0.15) is 5.75 Å². The lowest BCUT2D eigenvalue weighted by atomic mass is 10.1. The molecule has 9 nitrogen and oxygen atoms in total. The fourth-order valence-corrected chi connectivity index (χ4v) is 2.69. The first-order valence-electron chi connectivity index (χ1n) is 9.69. The second kappa shape index (κ2) is 9.88. The Morgan fingerprint density at radius 1 is 1.22 bits per heavy atom. The van der Waals surface area contributed by atoms with Crippen molar-refractivity contribution < 1.29 is 32.5 Å². The number of hydrogen-bond donors (Lipinski definition) is 1. The third kappa shape index (κ3) is 6.86. The summed E-state index contributed by atoms with van der Waals surface area (Å²) in [5.74, 6) is -1.20. The molecular weight excluding hydrogens is 435 g/mol. The summed E-state index contributed by atoms with van der Waals surface area (Å²) in [7, 11) is 1.26. The number of hydrogen-bond acceptors (Lipinski definition) is 6. The predicted octanol–water partition coefficient (Wildman–Crippen LogP) is 2.15. The molecule has 0 aliphatic rings. The number of carboxylic acids is 1. The van der Waals surface area contributed by atoms with Crippen molar-refractivity contribution in [2.24, 2.45) is 7.05 Å². The van der Waals surface area contributed by atoms with Crippen LogP contribution in [0.2, 0.25) is 0 Å². The molecule has 0 radical (unpaired) electrons. The SMILES string of the molecule is Cn1nc(OCCc2cccc(OC(C)(C)C(=O)O)c2)c(=O)n(CCCC(F)(F)F)c1=O. The summed E-state index contributed by atoms with van der Waals surface area (Å²) in [6.07, 6.45) is -5.65. The topological polar surface area (TPSA) is 113 Å². The second-order valence-corrected chi connectivity index (χ2v) is 7.55. The monoisotopic (exact) mass is 459 g/mol. The minimum Gasteiger partial charge on any atom is -0.478 e. The number of aliphatic carboxylic acids is 1. The van der Waals surface area contributed by atoms with E-state index < -0.39 is 54.3 Å². The first-order valence-corrected chi connectivity index (χ1v) is 9.69. The number of carboxylic acid groups (broad SMARTS) is 1. The minimum atomic E-state index is -4.39. The lowest BCUT2D eigenvalue weighted by molar-refractivity contribution is -0.152. The van der Waals surface area contributed by atoms with Crippen LogP contribution >= 0.6 is 0 Å². The lowest BCUT2D eigenvalue weighted by Crippen LogP contribution is -2.41.